The molecule has 0 fully saturated rings. The molecule has 82 valence electrons. The summed E-state index contributed by atoms with van der Waals surface area (Å²) in [4.78, 5) is 2.36. The van der Waals surface area contributed by atoms with E-state index in [1.807, 2.05) is 12.1 Å². The molecule has 0 aromatic heterocycles. The Morgan fingerprint density at radius 3 is 3.00 bits per heavy atom. The van der Waals surface area contributed by atoms with Crippen LogP contribution in [0.2, 0.25) is 0 Å². The summed E-state index contributed by atoms with van der Waals surface area (Å²) in [6, 6.07) is 6.57. The molecular formula is C12H18N2O. The quantitative estimate of drug-likeness (QED) is 0.774. The molecule has 0 amide bonds. The molecular weight excluding hydrogens is 188 g/mol. The Kier molecular flexibility index (Phi) is 2.82. The van der Waals surface area contributed by atoms with Gasteiger partial charge in [0.15, 0.2) is 0 Å². The average Bonchev–Trinajstić information content (AvgIpc) is 2.26. The van der Waals surface area contributed by atoms with Crippen molar-refractivity contribution in [2.45, 2.75) is 26.5 Å². The number of likely N-dealkylation sites (N-methyl/N-ethyl adjacent to an activating group) is 1. The Morgan fingerprint density at radius 1 is 1.53 bits per heavy atom. The number of benzene rings is 1. The average molecular weight is 206 g/mol. The van der Waals surface area contributed by atoms with Gasteiger partial charge in [-0.3, -0.25) is 0 Å². The van der Waals surface area contributed by atoms with Crippen LogP contribution in [-0.4, -0.2) is 24.2 Å². The molecule has 0 aliphatic carbocycles. The normalized spacial score (nSPS) is 19.7. The lowest BCUT2D eigenvalue weighted by Crippen LogP contribution is -2.39. The number of aliphatic hydroxyl groups excluding tert-OH is 1. The molecule has 0 saturated carbocycles. The summed E-state index contributed by atoms with van der Waals surface area (Å²) in [6.07, 6.45) is 0. The molecule has 2 N–H and O–H groups in total. The summed E-state index contributed by atoms with van der Waals surface area (Å²) < 4.78 is 0. The van der Waals surface area contributed by atoms with Crippen molar-refractivity contribution in [3.05, 3.63) is 23.8 Å². The van der Waals surface area contributed by atoms with Gasteiger partial charge in [0, 0.05) is 19.1 Å². The topological polar surface area (TPSA) is 35.5 Å². The van der Waals surface area contributed by atoms with E-state index >= 15 is 0 Å². The Labute approximate surface area is 90.7 Å². The van der Waals surface area contributed by atoms with Gasteiger partial charge in [-0.1, -0.05) is 6.07 Å². The minimum absolute atomic E-state index is 0.107. The van der Waals surface area contributed by atoms with Crippen LogP contribution in [0.4, 0.5) is 11.4 Å². The number of nitrogens with one attached hydrogen (secondary N) is 1. The van der Waals surface area contributed by atoms with Crippen LogP contribution in [0.15, 0.2) is 18.2 Å². The first-order valence-corrected chi connectivity index (χ1v) is 5.50. The predicted molar refractivity (Wildman–Crippen MR) is 63.3 cm³/mol. The van der Waals surface area contributed by atoms with Gasteiger partial charge in [-0.15, -0.1) is 0 Å². The highest BCUT2D eigenvalue weighted by Gasteiger charge is 2.19. The highest BCUT2D eigenvalue weighted by molar-refractivity contribution is 5.73. The van der Waals surface area contributed by atoms with Crippen LogP contribution in [0.5, 0.6) is 0 Å². The van der Waals surface area contributed by atoms with Crippen LogP contribution >= 0.6 is 0 Å². The number of nitrogens with zero attached hydrogens (tertiary/aromatic N) is 1. The minimum Gasteiger partial charge on any atom is -0.392 e. The lowest BCUT2D eigenvalue weighted by molar-refractivity contribution is 0.282. The molecule has 0 saturated heterocycles. The van der Waals surface area contributed by atoms with E-state index in [4.69, 9.17) is 5.11 Å². The van der Waals surface area contributed by atoms with E-state index in [9.17, 15) is 0 Å². The monoisotopic (exact) mass is 206 g/mol. The zero-order chi connectivity index (χ0) is 10.8. The van der Waals surface area contributed by atoms with E-state index in [0.29, 0.717) is 6.04 Å². The Morgan fingerprint density at radius 2 is 2.33 bits per heavy atom. The lowest BCUT2D eigenvalue weighted by Gasteiger charge is -2.35. The summed E-state index contributed by atoms with van der Waals surface area (Å²) in [5.74, 6) is 0. The molecule has 1 aliphatic heterocycles. The van der Waals surface area contributed by atoms with Crippen LogP contribution in [0.3, 0.4) is 0 Å². The highest BCUT2D eigenvalue weighted by Crippen LogP contribution is 2.31. The maximum atomic E-state index is 9.09. The molecule has 0 spiro atoms. The fraction of sp³-hybridized carbons (Fsp3) is 0.500. The predicted octanol–water partition coefficient (Wildman–Crippen LogP) is 1.82. The van der Waals surface area contributed by atoms with E-state index < -0.39 is 0 Å². The molecule has 0 bridgehead atoms. The zero-order valence-electron chi connectivity index (χ0n) is 9.33. The van der Waals surface area contributed by atoms with Gasteiger partial charge in [-0.25, -0.2) is 0 Å². The van der Waals surface area contributed by atoms with Crippen molar-refractivity contribution in [2.24, 2.45) is 0 Å². The summed E-state index contributed by atoms with van der Waals surface area (Å²) in [7, 11) is 0. The number of hydrogen-bond donors (Lipinski definition) is 2. The van der Waals surface area contributed by atoms with E-state index in [2.05, 4.69) is 30.1 Å². The maximum absolute atomic E-state index is 9.09. The third-order valence-corrected chi connectivity index (χ3v) is 2.86. The number of aliphatic hydroxyl groups is 1. The van der Waals surface area contributed by atoms with Crippen molar-refractivity contribution < 1.29 is 5.11 Å². The first-order valence-electron chi connectivity index (χ1n) is 5.50. The van der Waals surface area contributed by atoms with Crippen molar-refractivity contribution >= 4 is 11.4 Å². The third kappa shape index (κ3) is 1.92. The van der Waals surface area contributed by atoms with Gasteiger partial charge in [-0.05, 0) is 31.5 Å². The van der Waals surface area contributed by atoms with Gasteiger partial charge in [-0.2, -0.15) is 0 Å². The number of hydrogen-bond acceptors (Lipinski definition) is 3. The number of fused-ring (bicyclic) bond motifs is 1. The first-order chi connectivity index (χ1) is 7.24. The van der Waals surface area contributed by atoms with Gasteiger partial charge < -0.3 is 15.3 Å². The third-order valence-electron chi connectivity index (χ3n) is 2.86. The molecule has 1 unspecified atom stereocenters. The van der Waals surface area contributed by atoms with E-state index in [0.717, 1.165) is 24.3 Å². The van der Waals surface area contributed by atoms with Crippen molar-refractivity contribution in [3.8, 4) is 0 Å². The summed E-state index contributed by atoms with van der Waals surface area (Å²) >= 11 is 0. The van der Waals surface area contributed by atoms with Crippen LogP contribution in [0.1, 0.15) is 19.4 Å². The molecule has 1 heterocycles. The van der Waals surface area contributed by atoms with Gasteiger partial charge >= 0.3 is 0 Å². The van der Waals surface area contributed by atoms with Crippen LogP contribution in [0, 0.1) is 0 Å². The van der Waals surface area contributed by atoms with Crippen LogP contribution < -0.4 is 10.2 Å². The second kappa shape index (κ2) is 4.11. The molecule has 3 heteroatoms. The maximum Gasteiger partial charge on any atom is 0.0682 e. The smallest absolute Gasteiger partial charge is 0.0682 e. The standard InChI is InChI=1S/C12H18N2O/c1-3-14-7-9(2)13-11-6-10(8-15)4-5-12(11)14/h4-6,9,13,15H,3,7-8H2,1-2H3. The molecule has 3 nitrogen and oxygen atoms in total. The summed E-state index contributed by atoms with van der Waals surface area (Å²) in [5.41, 5.74) is 3.35. The van der Waals surface area contributed by atoms with E-state index in [-0.39, 0.29) is 6.61 Å². The fourth-order valence-electron chi connectivity index (χ4n) is 2.11. The van der Waals surface area contributed by atoms with Crippen molar-refractivity contribution in [1.82, 2.24) is 0 Å². The molecule has 0 radical (unpaired) electrons. The van der Waals surface area contributed by atoms with Gasteiger partial charge in [0.1, 0.15) is 0 Å². The second-order valence-corrected chi connectivity index (χ2v) is 4.09. The van der Waals surface area contributed by atoms with Crippen molar-refractivity contribution in [1.29, 1.82) is 0 Å². The molecule has 1 aromatic carbocycles. The van der Waals surface area contributed by atoms with Crippen molar-refractivity contribution in [3.63, 3.8) is 0 Å². The Hall–Kier alpha value is -1.22. The van der Waals surface area contributed by atoms with E-state index in [1.165, 1.54) is 5.69 Å². The Balaban J connectivity index is 2.37. The Bertz CT molecular complexity index is 351. The molecule has 1 aliphatic rings. The van der Waals surface area contributed by atoms with Crippen LogP contribution in [-0.2, 0) is 6.61 Å². The van der Waals surface area contributed by atoms with Crippen LogP contribution in [0.25, 0.3) is 0 Å². The van der Waals surface area contributed by atoms with Gasteiger partial charge in [0.2, 0.25) is 0 Å². The SMILES string of the molecule is CCN1CC(C)Nc2cc(CO)ccc21. The number of anilines is 2. The molecule has 1 aromatic rings. The highest BCUT2D eigenvalue weighted by atomic mass is 16.3. The minimum atomic E-state index is 0.107. The lowest BCUT2D eigenvalue weighted by atomic mass is 10.1. The number of rotatable bonds is 2. The summed E-state index contributed by atoms with van der Waals surface area (Å²) in [6.45, 7) is 6.52. The second-order valence-electron chi connectivity index (χ2n) is 4.09. The molecule has 15 heavy (non-hydrogen) atoms. The first kappa shape index (κ1) is 10.3. The fourth-order valence-corrected chi connectivity index (χ4v) is 2.11. The zero-order valence-corrected chi connectivity index (χ0v) is 9.33. The summed E-state index contributed by atoms with van der Waals surface area (Å²) in [5, 5.41) is 12.5. The largest absolute Gasteiger partial charge is 0.392 e. The molecule has 1 atom stereocenters. The molecule has 2 rings (SSSR count). The van der Waals surface area contributed by atoms with Gasteiger partial charge in [0.25, 0.3) is 0 Å². The van der Waals surface area contributed by atoms with Crippen molar-refractivity contribution in [2.75, 3.05) is 23.3 Å². The van der Waals surface area contributed by atoms with E-state index in [1.54, 1.807) is 0 Å². The van der Waals surface area contributed by atoms with Gasteiger partial charge in [0.05, 0.1) is 18.0 Å².